The number of carbonyl (C=O) groups excluding carboxylic acids is 1. The molecule has 1 aromatic carbocycles. The van der Waals surface area contributed by atoms with Crippen LogP contribution in [0.15, 0.2) is 28.8 Å². The van der Waals surface area contributed by atoms with E-state index in [4.69, 9.17) is 16.1 Å². The number of hydrogen-bond acceptors (Lipinski definition) is 4. The first-order chi connectivity index (χ1) is 11.5. The van der Waals surface area contributed by atoms with Crippen molar-refractivity contribution in [3.05, 3.63) is 35.2 Å². The van der Waals surface area contributed by atoms with Gasteiger partial charge in [0.15, 0.2) is 0 Å². The number of nitrogens with zero attached hydrogens (tertiary/aromatic N) is 2. The van der Waals surface area contributed by atoms with Crippen LogP contribution in [-0.4, -0.2) is 16.0 Å². The topological polar surface area (TPSA) is 68.0 Å². The number of halogens is 1. The fraction of sp³-hybridized carbons (Fsp3) is 0.500. The molecule has 5 nitrogen and oxygen atoms in total. The summed E-state index contributed by atoms with van der Waals surface area (Å²) in [6, 6.07) is 6.99. The summed E-state index contributed by atoms with van der Waals surface area (Å²) in [7, 11) is 0. The van der Waals surface area contributed by atoms with Crippen molar-refractivity contribution in [2.45, 2.75) is 45.6 Å². The van der Waals surface area contributed by atoms with Crippen LogP contribution in [0, 0.1) is 11.8 Å². The number of aromatic nitrogens is 2. The molecule has 0 bridgehead atoms. The molecule has 0 saturated heterocycles. The van der Waals surface area contributed by atoms with Crippen LogP contribution in [0.25, 0.3) is 11.4 Å². The van der Waals surface area contributed by atoms with E-state index >= 15 is 0 Å². The molecule has 3 rings (SSSR count). The third kappa shape index (κ3) is 3.78. The van der Waals surface area contributed by atoms with Crippen LogP contribution >= 0.6 is 11.6 Å². The largest absolute Gasteiger partial charge is 0.344 e. The Balaban J connectivity index is 1.76. The summed E-state index contributed by atoms with van der Waals surface area (Å²) in [5, 5.41) is 7.79. The molecule has 1 amide bonds. The van der Waals surface area contributed by atoms with Crippen molar-refractivity contribution in [1.29, 1.82) is 0 Å². The quantitative estimate of drug-likeness (QED) is 0.870. The molecule has 1 aliphatic rings. The van der Waals surface area contributed by atoms with Gasteiger partial charge in [-0.25, -0.2) is 0 Å². The molecular weight excluding hydrogens is 326 g/mol. The van der Waals surface area contributed by atoms with E-state index in [-0.39, 0.29) is 23.8 Å². The molecule has 128 valence electrons. The number of hydrogen-bond donors (Lipinski definition) is 1. The van der Waals surface area contributed by atoms with Gasteiger partial charge in [-0.05, 0) is 43.0 Å². The Morgan fingerprint density at radius 2 is 1.92 bits per heavy atom. The van der Waals surface area contributed by atoms with Gasteiger partial charge in [0, 0.05) is 16.5 Å². The van der Waals surface area contributed by atoms with Crippen molar-refractivity contribution in [3.63, 3.8) is 0 Å². The van der Waals surface area contributed by atoms with Crippen LogP contribution in [-0.2, 0) is 4.79 Å². The van der Waals surface area contributed by atoms with Crippen molar-refractivity contribution in [2.24, 2.45) is 11.8 Å². The third-order valence-electron chi connectivity index (χ3n) is 4.50. The maximum absolute atomic E-state index is 12.4. The van der Waals surface area contributed by atoms with Crippen molar-refractivity contribution in [2.75, 3.05) is 0 Å². The number of benzene rings is 1. The van der Waals surface area contributed by atoms with Crippen LogP contribution < -0.4 is 5.32 Å². The van der Waals surface area contributed by atoms with Gasteiger partial charge in [-0.1, -0.05) is 43.4 Å². The minimum absolute atomic E-state index is 0.0949. The molecule has 6 heteroatoms. The number of rotatable bonds is 5. The van der Waals surface area contributed by atoms with Gasteiger partial charge in [0.2, 0.25) is 17.6 Å². The SMILES string of the molecule is CC(C)[C@H](NC(=O)C1CCCC1)c1nc(-c2ccc(Cl)cc2)no1. The number of carbonyl (C=O) groups is 1. The minimum atomic E-state index is -0.272. The van der Waals surface area contributed by atoms with Gasteiger partial charge in [0.25, 0.3) is 0 Å². The smallest absolute Gasteiger partial charge is 0.249 e. The second-order valence-corrected chi connectivity index (χ2v) is 7.11. The number of amides is 1. The zero-order valence-electron chi connectivity index (χ0n) is 14.0. The lowest BCUT2D eigenvalue weighted by atomic mass is 10.0. The molecule has 0 aliphatic heterocycles. The molecule has 1 fully saturated rings. The van der Waals surface area contributed by atoms with E-state index in [9.17, 15) is 4.79 Å². The highest BCUT2D eigenvalue weighted by atomic mass is 35.5. The normalized spacial score (nSPS) is 16.5. The summed E-state index contributed by atoms with van der Waals surface area (Å²) in [6.45, 7) is 4.07. The van der Waals surface area contributed by atoms with Gasteiger partial charge in [0.05, 0.1) is 0 Å². The van der Waals surface area contributed by atoms with Crippen molar-refractivity contribution >= 4 is 17.5 Å². The first-order valence-electron chi connectivity index (χ1n) is 8.44. The van der Waals surface area contributed by atoms with E-state index in [1.54, 1.807) is 12.1 Å². The monoisotopic (exact) mass is 347 g/mol. The van der Waals surface area contributed by atoms with Crippen LogP contribution in [0.4, 0.5) is 0 Å². The summed E-state index contributed by atoms with van der Waals surface area (Å²) in [4.78, 5) is 16.9. The van der Waals surface area contributed by atoms with Gasteiger partial charge < -0.3 is 9.84 Å². The predicted octanol–water partition coefficient (Wildman–Crippen LogP) is 4.39. The van der Waals surface area contributed by atoms with Gasteiger partial charge in [0.1, 0.15) is 6.04 Å². The summed E-state index contributed by atoms with van der Waals surface area (Å²) in [6.07, 6.45) is 4.20. The Morgan fingerprint density at radius 1 is 1.25 bits per heavy atom. The van der Waals surface area contributed by atoms with E-state index < -0.39 is 0 Å². The Labute approximate surface area is 146 Å². The Bertz CT molecular complexity index is 691. The van der Waals surface area contributed by atoms with Gasteiger partial charge in [-0.3, -0.25) is 4.79 Å². The molecule has 1 heterocycles. The molecule has 1 aromatic heterocycles. The van der Waals surface area contributed by atoms with Gasteiger partial charge in [-0.15, -0.1) is 0 Å². The molecule has 2 aromatic rings. The lowest BCUT2D eigenvalue weighted by Crippen LogP contribution is -2.35. The third-order valence-corrected chi connectivity index (χ3v) is 4.75. The second kappa shape index (κ2) is 7.34. The molecule has 1 N–H and O–H groups in total. The number of nitrogens with one attached hydrogen (secondary N) is 1. The van der Waals surface area contributed by atoms with E-state index in [1.165, 1.54) is 0 Å². The highest BCUT2D eigenvalue weighted by molar-refractivity contribution is 6.30. The second-order valence-electron chi connectivity index (χ2n) is 6.67. The van der Waals surface area contributed by atoms with Gasteiger partial charge in [-0.2, -0.15) is 4.98 Å². The van der Waals surface area contributed by atoms with E-state index in [1.807, 2.05) is 26.0 Å². The summed E-state index contributed by atoms with van der Waals surface area (Å²) in [5.74, 6) is 1.32. The molecule has 1 aliphatic carbocycles. The van der Waals surface area contributed by atoms with E-state index in [0.29, 0.717) is 16.7 Å². The molecular formula is C18H22ClN3O2. The fourth-order valence-corrected chi connectivity index (χ4v) is 3.18. The Kier molecular flexibility index (Phi) is 5.19. The van der Waals surface area contributed by atoms with Crippen LogP contribution in [0.5, 0.6) is 0 Å². The van der Waals surface area contributed by atoms with Crippen molar-refractivity contribution in [1.82, 2.24) is 15.5 Å². The molecule has 1 atom stereocenters. The lowest BCUT2D eigenvalue weighted by Gasteiger charge is -2.20. The van der Waals surface area contributed by atoms with Crippen LogP contribution in [0.1, 0.15) is 51.5 Å². The average Bonchev–Trinajstić information content (AvgIpc) is 3.24. The lowest BCUT2D eigenvalue weighted by molar-refractivity contribution is -0.126. The maximum atomic E-state index is 12.4. The summed E-state index contributed by atoms with van der Waals surface area (Å²) >= 11 is 5.90. The minimum Gasteiger partial charge on any atom is -0.344 e. The predicted molar refractivity (Wildman–Crippen MR) is 92.4 cm³/mol. The molecule has 0 radical (unpaired) electrons. The van der Waals surface area contributed by atoms with E-state index in [2.05, 4.69) is 15.5 Å². The summed E-state index contributed by atoms with van der Waals surface area (Å²) < 4.78 is 5.43. The molecule has 0 unspecified atom stereocenters. The van der Waals surface area contributed by atoms with Crippen molar-refractivity contribution in [3.8, 4) is 11.4 Å². The molecule has 24 heavy (non-hydrogen) atoms. The average molecular weight is 348 g/mol. The first kappa shape index (κ1) is 17.0. The Hall–Kier alpha value is -1.88. The molecule has 0 spiro atoms. The van der Waals surface area contributed by atoms with Crippen molar-refractivity contribution < 1.29 is 9.32 Å². The van der Waals surface area contributed by atoms with Crippen LogP contribution in [0.2, 0.25) is 5.02 Å². The highest BCUT2D eigenvalue weighted by Gasteiger charge is 2.29. The zero-order valence-corrected chi connectivity index (χ0v) is 14.7. The fourth-order valence-electron chi connectivity index (χ4n) is 3.05. The van der Waals surface area contributed by atoms with E-state index in [0.717, 1.165) is 31.2 Å². The standard InChI is InChI=1S/C18H22ClN3O2/c1-11(2)15(20-17(23)13-5-3-4-6-13)18-21-16(22-24-18)12-7-9-14(19)10-8-12/h7-11,13,15H,3-6H2,1-2H3,(H,20,23)/t15-/m0/s1. The zero-order chi connectivity index (χ0) is 17.1. The summed E-state index contributed by atoms with van der Waals surface area (Å²) in [5.41, 5.74) is 0.832. The van der Waals surface area contributed by atoms with Crippen LogP contribution in [0.3, 0.4) is 0 Å². The first-order valence-corrected chi connectivity index (χ1v) is 8.82. The van der Waals surface area contributed by atoms with Gasteiger partial charge >= 0.3 is 0 Å². The maximum Gasteiger partial charge on any atom is 0.249 e. The molecule has 1 saturated carbocycles. The Morgan fingerprint density at radius 3 is 2.54 bits per heavy atom. The highest BCUT2D eigenvalue weighted by Crippen LogP contribution is 2.28.